The Bertz CT molecular complexity index is 1010. The number of nitrogens with zero attached hydrogens (tertiary/aromatic N) is 1. The lowest BCUT2D eigenvalue weighted by Crippen LogP contribution is -2.39. The number of pyridine rings is 1. The molecule has 2 N–H and O–H groups in total. The van der Waals surface area contributed by atoms with Gasteiger partial charge in [0.25, 0.3) is 0 Å². The first-order valence-electron chi connectivity index (χ1n) is 7.83. The van der Waals surface area contributed by atoms with Gasteiger partial charge in [-0.2, -0.15) is 0 Å². The third-order valence-electron chi connectivity index (χ3n) is 3.49. The maximum absolute atomic E-state index is 12.0. The fourth-order valence-corrected chi connectivity index (χ4v) is 3.38. The minimum absolute atomic E-state index is 0.0109. The van der Waals surface area contributed by atoms with Gasteiger partial charge < -0.3 is 0 Å². The van der Waals surface area contributed by atoms with Crippen LogP contribution in [0.15, 0.2) is 66.7 Å². The minimum Gasteiger partial charge on any atom is -0.266 e. The average molecular weight is 371 g/mol. The number of hydroxylamine groups is 1. The Labute approximate surface area is 151 Å². The number of urea groups is 1. The molecule has 0 bridgehead atoms. The second kappa shape index (κ2) is 7.94. The van der Waals surface area contributed by atoms with Gasteiger partial charge in [-0.25, -0.2) is 23.4 Å². The van der Waals surface area contributed by atoms with Gasteiger partial charge in [0, 0.05) is 5.39 Å². The first kappa shape index (κ1) is 17.8. The number of para-hydroxylation sites is 1. The highest BCUT2D eigenvalue weighted by Gasteiger charge is 2.15. The SMILES string of the molecule is O=C(NOCc1ccc2ccccc2n1)NS(=O)(=O)Cc1ccccc1. The van der Waals surface area contributed by atoms with E-state index in [0.29, 0.717) is 11.3 Å². The molecule has 0 saturated carbocycles. The lowest BCUT2D eigenvalue weighted by molar-refractivity contribution is 0.0491. The molecule has 26 heavy (non-hydrogen) atoms. The van der Waals surface area contributed by atoms with Crippen LogP contribution in [-0.4, -0.2) is 19.4 Å². The van der Waals surface area contributed by atoms with Gasteiger partial charge in [0.2, 0.25) is 10.0 Å². The molecule has 0 unspecified atom stereocenters. The number of carbonyl (C=O) groups is 1. The average Bonchev–Trinajstić information content (AvgIpc) is 2.61. The molecule has 0 aliphatic rings. The molecule has 8 heteroatoms. The summed E-state index contributed by atoms with van der Waals surface area (Å²) >= 11 is 0. The highest BCUT2D eigenvalue weighted by Crippen LogP contribution is 2.12. The molecular weight excluding hydrogens is 354 g/mol. The summed E-state index contributed by atoms with van der Waals surface area (Å²) < 4.78 is 25.8. The van der Waals surface area contributed by atoms with Gasteiger partial charge in [-0.3, -0.25) is 9.82 Å². The molecule has 0 spiro atoms. The van der Waals surface area contributed by atoms with E-state index < -0.39 is 16.1 Å². The van der Waals surface area contributed by atoms with Crippen molar-refractivity contribution in [1.82, 2.24) is 15.2 Å². The monoisotopic (exact) mass is 371 g/mol. The van der Waals surface area contributed by atoms with E-state index in [1.807, 2.05) is 35.1 Å². The Morgan fingerprint density at radius 2 is 1.69 bits per heavy atom. The molecule has 3 aromatic rings. The number of nitrogens with one attached hydrogen (secondary N) is 2. The number of amides is 2. The molecule has 0 aliphatic heterocycles. The predicted octanol–water partition coefficient (Wildman–Crippen LogP) is 2.50. The van der Waals surface area contributed by atoms with Crippen LogP contribution in [0, 0.1) is 0 Å². The lowest BCUT2D eigenvalue weighted by Gasteiger charge is -2.09. The second-order valence-corrected chi connectivity index (χ2v) is 7.28. The maximum atomic E-state index is 12.0. The molecule has 0 atom stereocenters. The van der Waals surface area contributed by atoms with Gasteiger partial charge >= 0.3 is 6.03 Å². The zero-order valence-electron chi connectivity index (χ0n) is 13.8. The Morgan fingerprint density at radius 1 is 0.962 bits per heavy atom. The van der Waals surface area contributed by atoms with E-state index in [4.69, 9.17) is 4.84 Å². The minimum atomic E-state index is -3.82. The smallest absolute Gasteiger partial charge is 0.266 e. The molecule has 0 fully saturated rings. The first-order chi connectivity index (χ1) is 12.5. The van der Waals surface area contributed by atoms with Crippen LogP contribution in [0.3, 0.4) is 0 Å². The number of hydrogen-bond donors (Lipinski definition) is 2. The Morgan fingerprint density at radius 3 is 2.50 bits per heavy atom. The standard InChI is InChI=1S/C18H17N3O4S/c22-18(21-26(23,24)13-14-6-2-1-3-7-14)20-25-12-16-11-10-15-8-4-5-9-17(15)19-16/h1-11H,12-13H2,(H2,20,21,22). The molecule has 2 amide bonds. The molecule has 0 aliphatic carbocycles. The topological polar surface area (TPSA) is 97.4 Å². The van der Waals surface area contributed by atoms with Gasteiger partial charge in [0.15, 0.2) is 0 Å². The van der Waals surface area contributed by atoms with E-state index in [0.717, 1.165) is 10.9 Å². The Kier molecular flexibility index (Phi) is 5.45. The van der Waals surface area contributed by atoms with Crippen molar-refractivity contribution in [3.63, 3.8) is 0 Å². The third-order valence-corrected chi connectivity index (χ3v) is 4.70. The van der Waals surface area contributed by atoms with Crippen molar-refractivity contribution in [1.29, 1.82) is 0 Å². The van der Waals surface area contributed by atoms with Crippen molar-refractivity contribution in [2.45, 2.75) is 12.4 Å². The van der Waals surface area contributed by atoms with Gasteiger partial charge in [0.1, 0.15) is 6.61 Å². The largest absolute Gasteiger partial charge is 0.352 e. The quantitative estimate of drug-likeness (QED) is 0.649. The fraction of sp³-hybridized carbons (Fsp3) is 0.111. The van der Waals surface area contributed by atoms with Crippen LogP contribution < -0.4 is 10.2 Å². The van der Waals surface area contributed by atoms with E-state index in [-0.39, 0.29) is 12.4 Å². The van der Waals surface area contributed by atoms with E-state index in [1.165, 1.54) is 0 Å². The number of fused-ring (bicyclic) bond motifs is 1. The lowest BCUT2D eigenvalue weighted by atomic mass is 10.2. The number of sulfonamides is 1. The summed E-state index contributed by atoms with van der Waals surface area (Å²) in [5, 5.41) is 0.994. The molecular formula is C18H17N3O4S. The normalized spacial score (nSPS) is 11.2. The summed E-state index contributed by atoms with van der Waals surface area (Å²) in [6.45, 7) is 0.0109. The summed E-state index contributed by atoms with van der Waals surface area (Å²) in [5.41, 5.74) is 4.05. The third kappa shape index (κ3) is 5.01. The number of aromatic nitrogens is 1. The molecule has 1 aromatic heterocycles. The molecule has 0 saturated heterocycles. The number of carbonyl (C=O) groups excluding carboxylic acids is 1. The molecule has 3 rings (SSSR count). The van der Waals surface area contributed by atoms with Gasteiger partial charge in [0.05, 0.1) is 17.0 Å². The van der Waals surface area contributed by atoms with Gasteiger partial charge in [-0.1, -0.05) is 54.6 Å². The highest BCUT2D eigenvalue weighted by molar-refractivity contribution is 7.89. The van der Waals surface area contributed by atoms with E-state index in [9.17, 15) is 13.2 Å². The van der Waals surface area contributed by atoms with Crippen LogP contribution in [0.5, 0.6) is 0 Å². The van der Waals surface area contributed by atoms with Gasteiger partial charge in [-0.15, -0.1) is 0 Å². The van der Waals surface area contributed by atoms with Crippen molar-refractivity contribution < 1.29 is 18.0 Å². The maximum Gasteiger partial charge on any atom is 0.352 e. The molecule has 0 radical (unpaired) electrons. The van der Waals surface area contributed by atoms with Crippen molar-refractivity contribution >= 4 is 27.0 Å². The summed E-state index contributed by atoms with van der Waals surface area (Å²) in [4.78, 5) is 21.1. The summed E-state index contributed by atoms with van der Waals surface area (Å²) in [5.74, 6) is -0.298. The predicted molar refractivity (Wildman–Crippen MR) is 97.3 cm³/mol. The highest BCUT2D eigenvalue weighted by atomic mass is 32.2. The number of hydrogen-bond acceptors (Lipinski definition) is 5. The first-order valence-corrected chi connectivity index (χ1v) is 9.48. The molecule has 7 nitrogen and oxygen atoms in total. The van der Waals surface area contributed by atoms with E-state index >= 15 is 0 Å². The number of rotatable bonds is 6. The van der Waals surface area contributed by atoms with Crippen LogP contribution >= 0.6 is 0 Å². The van der Waals surface area contributed by atoms with Crippen LogP contribution in [0.4, 0.5) is 4.79 Å². The zero-order chi connectivity index (χ0) is 18.4. The van der Waals surface area contributed by atoms with Crippen LogP contribution in [-0.2, 0) is 27.2 Å². The fourth-order valence-electron chi connectivity index (χ4n) is 2.36. The van der Waals surface area contributed by atoms with Crippen LogP contribution in [0.2, 0.25) is 0 Å². The summed E-state index contributed by atoms with van der Waals surface area (Å²) in [6, 6.07) is 18.9. The second-order valence-electron chi connectivity index (χ2n) is 5.56. The van der Waals surface area contributed by atoms with Gasteiger partial charge in [-0.05, 0) is 17.7 Å². The Balaban J connectivity index is 1.50. The van der Waals surface area contributed by atoms with Crippen molar-refractivity contribution in [3.8, 4) is 0 Å². The van der Waals surface area contributed by atoms with Crippen molar-refractivity contribution in [3.05, 3.63) is 78.0 Å². The van der Waals surface area contributed by atoms with Crippen molar-refractivity contribution in [2.24, 2.45) is 0 Å². The van der Waals surface area contributed by atoms with Crippen molar-refractivity contribution in [2.75, 3.05) is 0 Å². The molecule has 134 valence electrons. The number of benzene rings is 2. The summed E-state index contributed by atoms with van der Waals surface area (Å²) in [6.07, 6.45) is 0. The van der Waals surface area contributed by atoms with E-state index in [1.54, 1.807) is 36.4 Å². The molecule has 2 aromatic carbocycles. The van der Waals surface area contributed by atoms with Crippen LogP contribution in [0.1, 0.15) is 11.3 Å². The zero-order valence-corrected chi connectivity index (χ0v) is 14.6. The van der Waals surface area contributed by atoms with E-state index in [2.05, 4.69) is 10.5 Å². The van der Waals surface area contributed by atoms with Crippen LogP contribution in [0.25, 0.3) is 10.9 Å². The molecule has 1 heterocycles. The summed E-state index contributed by atoms with van der Waals surface area (Å²) in [7, 11) is -3.82. The Hall–Kier alpha value is -2.97.